The fourth-order valence-corrected chi connectivity index (χ4v) is 2.35. The number of thiophene rings is 1. The fourth-order valence-electron chi connectivity index (χ4n) is 1.53. The number of aryl methyl sites for hydroxylation is 1. The second-order valence-electron chi connectivity index (χ2n) is 3.66. The molecule has 0 aromatic carbocycles. The number of amides is 1. The number of carbonyl (C=O) groups excluding carboxylic acids is 1. The zero-order valence-electron chi connectivity index (χ0n) is 9.34. The van der Waals surface area contributed by atoms with Gasteiger partial charge in [-0.2, -0.15) is 0 Å². The quantitative estimate of drug-likeness (QED) is 0.874. The Balaban J connectivity index is 2.10. The van der Waals surface area contributed by atoms with Crippen molar-refractivity contribution < 1.29 is 14.3 Å². The molecule has 0 aliphatic rings. The van der Waals surface area contributed by atoms with Crippen molar-refractivity contribution >= 4 is 17.2 Å². The molecule has 0 saturated carbocycles. The lowest BCUT2D eigenvalue weighted by Crippen LogP contribution is -2.30. The summed E-state index contributed by atoms with van der Waals surface area (Å²) in [5.41, 5.74) is 0.934. The molecule has 2 aromatic heterocycles. The summed E-state index contributed by atoms with van der Waals surface area (Å²) in [4.78, 5) is 12.6. The Kier molecular flexibility index (Phi) is 3.61. The van der Waals surface area contributed by atoms with E-state index < -0.39 is 6.04 Å². The van der Waals surface area contributed by atoms with Gasteiger partial charge in [0.25, 0.3) is 5.91 Å². The number of rotatable bonds is 4. The molecule has 90 valence electrons. The summed E-state index contributed by atoms with van der Waals surface area (Å²) in [7, 11) is 0. The average Bonchev–Trinajstić information content (AvgIpc) is 2.96. The Morgan fingerprint density at radius 1 is 1.59 bits per heavy atom. The number of aliphatic hydroxyl groups is 1. The Bertz CT molecular complexity index is 490. The van der Waals surface area contributed by atoms with Crippen molar-refractivity contribution in [1.82, 2.24) is 5.32 Å². The molecule has 0 fully saturated rings. The van der Waals surface area contributed by atoms with Crippen LogP contribution in [0.1, 0.15) is 27.0 Å². The third-order valence-corrected chi connectivity index (χ3v) is 3.46. The Morgan fingerprint density at radius 3 is 2.94 bits per heavy atom. The van der Waals surface area contributed by atoms with Crippen molar-refractivity contribution in [2.24, 2.45) is 0 Å². The van der Waals surface area contributed by atoms with Gasteiger partial charge in [-0.15, -0.1) is 11.3 Å². The second kappa shape index (κ2) is 5.16. The molecule has 1 atom stereocenters. The fraction of sp³-hybridized carbons (Fsp3) is 0.250. The third-order valence-electron chi connectivity index (χ3n) is 2.44. The van der Waals surface area contributed by atoms with E-state index in [-0.39, 0.29) is 12.5 Å². The molecule has 0 aliphatic carbocycles. The van der Waals surface area contributed by atoms with Crippen LogP contribution in [-0.4, -0.2) is 17.6 Å². The lowest BCUT2D eigenvalue weighted by atomic mass is 10.2. The van der Waals surface area contributed by atoms with Gasteiger partial charge in [-0.1, -0.05) is 0 Å². The van der Waals surface area contributed by atoms with E-state index >= 15 is 0 Å². The van der Waals surface area contributed by atoms with Crippen molar-refractivity contribution in [2.45, 2.75) is 13.0 Å². The lowest BCUT2D eigenvalue weighted by molar-refractivity contribution is 0.0911. The molecule has 2 N–H and O–H groups in total. The molecule has 0 aliphatic heterocycles. The molecule has 2 rings (SSSR count). The van der Waals surface area contributed by atoms with Crippen LogP contribution in [0.25, 0.3) is 0 Å². The van der Waals surface area contributed by atoms with Crippen molar-refractivity contribution in [3.63, 3.8) is 0 Å². The second-order valence-corrected chi connectivity index (χ2v) is 4.57. The van der Waals surface area contributed by atoms with Gasteiger partial charge in [0.05, 0.1) is 17.7 Å². The van der Waals surface area contributed by atoms with Gasteiger partial charge in [-0.05, 0) is 36.1 Å². The SMILES string of the molecule is Cc1ccsc1C(=O)NC(CO)c1ccco1. The highest BCUT2D eigenvalue weighted by molar-refractivity contribution is 7.12. The maximum absolute atomic E-state index is 11.9. The lowest BCUT2D eigenvalue weighted by Gasteiger charge is -2.13. The number of hydrogen-bond acceptors (Lipinski definition) is 4. The molecule has 0 saturated heterocycles. The number of furan rings is 1. The van der Waals surface area contributed by atoms with Crippen LogP contribution in [0.5, 0.6) is 0 Å². The number of aliphatic hydroxyl groups excluding tert-OH is 1. The largest absolute Gasteiger partial charge is 0.467 e. The maximum Gasteiger partial charge on any atom is 0.262 e. The van der Waals surface area contributed by atoms with Crippen LogP contribution in [0.15, 0.2) is 34.3 Å². The van der Waals surface area contributed by atoms with Gasteiger partial charge >= 0.3 is 0 Å². The highest BCUT2D eigenvalue weighted by atomic mass is 32.1. The minimum absolute atomic E-state index is 0.187. The molecule has 0 radical (unpaired) electrons. The van der Waals surface area contributed by atoms with E-state index in [0.29, 0.717) is 10.6 Å². The normalized spacial score (nSPS) is 12.4. The first-order valence-electron chi connectivity index (χ1n) is 5.21. The minimum Gasteiger partial charge on any atom is -0.467 e. The average molecular weight is 251 g/mol. The van der Waals surface area contributed by atoms with Crippen molar-refractivity contribution in [1.29, 1.82) is 0 Å². The van der Waals surface area contributed by atoms with E-state index in [1.807, 2.05) is 18.4 Å². The predicted octanol–water partition coefficient (Wildman–Crippen LogP) is 2.11. The van der Waals surface area contributed by atoms with Crippen molar-refractivity contribution in [2.75, 3.05) is 6.61 Å². The monoisotopic (exact) mass is 251 g/mol. The van der Waals surface area contributed by atoms with Gasteiger partial charge in [0.1, 0.15) is 11.8 Å². The Hall–Kier alpha value is -1.59. The molecule has 1 unspecified atom stereocenters. The van der Waals surface area contributed by atoms with E-state index in [2.05, 4.69) is 5.32 Å². The molecule has 4 nitrogen and oxygen atoms in total. The molecule has 0 bridgehead atoms. The van der Waals surface area contributed by atoms with E-state index in [9.17, 15) is 9.90 Å². The van der Waals surface area contributed by atoms with Crippen molar-refractivity contribution in [3.8, 4) is 0 Å². The van der Waals surface area contributed by atoms with Crippen LogP contribution in [0.2, 0.25) is 0 Å². The highest BCUT2D eigenvalue weighted by Crippen LogP contribution is 2.18. The summed E-state index contributed by atoms with van der Waals surface area (Å²) >= 11 is 1.38. The third kappa shape index (κ3) is 2.57. The summed E-state index contributed by atoms with van der Waals surface area (Å²) in [6, 6.07) is 4.84. The first kappa shape index (κ1) is 11.9. The molecule has 17 heavy (non-hydrogen) atoms. The van der Waals surface area contributed by atoms with Crippen LogP contribution < -0.4 is 5.32 Å². The summed E-state index contributed by atoms with van der Waals surface area (Å²) < 4.78 is 5.16. The van der Waals surface area contributed by atoms with Gasteiger partial charge < -0.3 is 14.8 Å². The topological polar surface area (TPSA) is 62.5 Å². The predicted molar refractivity (Wildman–Crippen MR) is 65.1 cm³/mol. The number of nitrogens with one attached hydrogen (secondary N) is 1. The summed E-state index contributed by atoms with van der Waals surface area (Å²) in [5.74, 6) is 0.364. The molecular formula is C12H13NO3S. The molecule has 5 heteroatoms. The zero-order chi connectivity index (χ0) is 12.3. The molecule has 2 aromatic rings. The Labute approximate surface area is 103 Å². The van der Waals surface area contributed by atoms with Crippen LogP contribution in [-0.2, 0) is 0 Å². The van der Waals surface area contributed by atoms with Crippen molar-refractivity contribution in [3.05, 3.63) is 46.0 Å². The van der Waals surface area contributed by atoms with E-state index in [1.165, 1.54) is 17.6 Å². The summed E-state index contributed by atoms with van der Waals surface area (Å²) in [6.45, 7) is 1.69. The number of hydrogen-bond donors (Lipinski definition) is 2. The van der Waals surface area contributed by atoms with Gasteiger partial charge in [-0.25, -0.2) is 0 Å². The van der Waals surface area contributed by atoms with Crippen LogP contribution in [0, 0.1) is 6.92 Å². The van der Waals surface area contributed by atoms with E-state index in [0.717, 1.165) is 5.56 Å². The first-order valence-corrected chi connectivity index (χ1v) is 6.09. The van der Waals surface area contributed by atoms with Gasteiger partial charge in [0.15, 0.2) is 0 Å². The van der Waals surface area contributed by atoms with Gasteiger partial charge in [0.2, 0.25) is 0 Å². The zero-order valence-corrected chi connectivity index (χ0v) is 10.2. The highest BCUT2D eigenvalue weighted by Gasteiger charge is 2.18. The first-order chi connectivity index (χ1) is 8.22. The summed E-state index contributed by atoms with van der Waals surface area (Å²) in [5, 5.41) is 13.8. The van der Waals surface area contributed by atoms with Crippen LogP contribution in [0.3, 0.4) is 0 Å². The van der Waals surface area contributed by atoms with Gasteiger partial charge in [0, 0.05) is 0 Å². The summed E-state index contributed by atoms with van der Waals surface area (Å²) in [6.07, 6.45) is 1.51. The van der Waals surface area contributed by atoms with E-state index in [1.54, 1.807) is 12.1 Å². The number of carbonyl (C=O) groups is 1. The van der Waals surface area contributed by atoms with Crippen LogP contribution in [0.4, 0.5) is 0 Å². The molecule has 1 amide bonds. The van der Waals surface area contributed by atoms with Crippen LogP contribution >= 0.6 is 11.3 Å². The van der Waals surface area contributed by atoms with E-state index in [4.69, 9.17) is 4.42 Å². The maximum atomic E-state index is 11.9. The molecule has 2 heterocycles. The molecular weight excluding hydrogens is 238 g/mol. The Morgan fingerprint density at radius 2 is 2.41 bits per heavy atom. The minimum atomic E-state index is -0.501. The standard InChI is InChI=1S/C12H13NO3S/c1-8-4-6-17-11(8)12(15)13-9(7-14)10-3-2-5-16-10/h2-6,9,14H,7H2,1H3,(H,13,15). The smallest absolute Gasteiger partial charge is 0.262 e. The van der Waals surface area contributed by atoms with Gasteiger partial charge in [-0.3, -0.25) is 4.79 Å². The molecule has 0 spiro atoms.